The van der Waals surface area contributed by atoms with Crippen molar-refractivity contribution in [2.24, 2.45) is 0 Å². The summed E-state index contributed by atoms with van der Waals surface area (Å²) in [7, 11) is 0. The van der Waals surface area contributed by atoms with E-state index in [1.165, 1.54) is 29.7 Å². The molecule has 0 aliphatic rings. The van der Waals surface area contributed by atoms with Gasteiger partial charge in [-0.2, -0.15) is 0 Å². The summed E-state index contributed by atoms with van der Waals surface area (Å²) in [4.78, 5) is 20.1. The van der Waals surface area contributed by atoms with Gasteiger partial charge < -0.3 is 5.11 Å². The van der Waals surface area contributed by atoms with Crippen LogP contribution in [0.2, 0.25) is 0 Å². The normalized spacial score (nSPS) is 9.88. The molecule has 4 nitrogen and oxygen atoms in total. The van der Waals surface area contributed by atoms with E-state index in [0.717, 1.165) is 4.88 Å². The van der Waals surface area contributed by atoms with Gasteiger partial charge in [-0.15, -0.1) is 17.8 Å². The molecule has 0 amide bonds. The highest BCUT2D eigenvalue weighted by Gasteiger charge is 2.11. The highest BCUT2D eigenvalue weighted by Crippen LogP contribution is 2.26. The third-order valence-corrected chi connectivity index (χ3v) is 3.15. The van der Waals surface area contributed by atoms with Crippen molar-refractivity contribution in [3.8, 4) is 23.0 Å². The molecule has 0 spiro atoms. The van der Waals surface area contributed by atoms with Crippen LogP contribution in [-0.2, 0) is 0 Å². The molecule has 0 unspecified atom stereocenters. The zero-order chi connectivity index (χ0) is 12.4. The smallest absolute Gasteiger partial charge is 0.335 e. The Kier molecular flexibility index (Phi) is 2.90. The van der Waals surface area contributed by atoms with Gasteiger partial charge in [-0.1, -0.05) is 0 Å². The van der Waals surface area contributed by atoms with Crippen LogP contribution in [0.5, 0.6) is 0 Å². The number of carboxylic acids is 1. The zero-order valence-corrected chi connectivity index (χ0v) is 9.78. The average molecular weight is 244 g/mol. The number of hydrogen-bond acceptors (Lipinski definition) is 4. The molecule has 17 heavy (non-hydrogen) atoms. The van der Waals surface area contributed by atoms with Crippen molar-refractivity contribution in [3.05, 3.63) is 34.5 Å². The molecule has 2 rings (SSSR count). The van der Waals surface area contributed by atoms with E-state index < -0.39 is 5.97 Å². The summed E-state index contributed by atoms with van der Waals surface area (Å²) in [5.74, 6) is 1.49. The van der Waals surface area contributed by atoms with Crippen LogP contribution in [0.3, 0.4) is 0 Å². The van der Waals surface area contributed by atoms with Gasteiger partial charge in [0.2, 0.25) is 0 Å². The number of aromatic nitrogens is 2. The van der Waals surface area contributed by atoms with Crippen molar-refractivity contribution >= 4 is 17.3 Å². The lowest BCUT2D eigenvalue weighted by Gasteiger charge is -1.97. The van der Waals surface area contributed by atoms with Gasteiger partial charge in [-0.25, -0.2) is 9.78 Å². The third kappa shape index (κ3) is 2.17. The zero-order valence-electron chi connectivity index (χ0n) is 8.97. The molecule has 0 saturated heterocycles. The molecule has 0 radical (unpaired) electrons. The number of aromatic carboxylic acids is 1. The van der Waals surface area contributed by atoms with Crippen LogP contribution in [-0.4, -0.2) is 21.0 Å². The average Bonchev–Trinajstić information content (AvgIpc) is 2.71. The monoisotopic (exact) mass is 244 g/mol. The minimum atomic E-state index is -0.987. The van der Waals surface area contributed by atoms with Gasteiger partial charge in [0.1, 0.15) is 10.7 Å². The van der Waals surface area contributed by atoms with E-state index in [1.54, 1.807) is 0 Å². The minimum Gasteiger partial charge on any atom is -0.478 e. The molecule has 84 valence electrons. The molecular weight excluding hydrogens is 236 g/mol. The van der Waals surface area contributed by atoms with E-state index in [2.05, 4.69) is 15.9 Å². The summed E-state index contributed by atoms with van der Waals surface area (Å²) in [6, 6.07) is 2.93. The Labute approximate surface area is 102 Å². The lowest BCUT2D eigenvalue weighted by atomic mass is 10.2. The van der Waals surface area contributed by atoms with Gasteiger partial charge in [0.15, 0.2) is 0 Å². The second kappa shape index (κ2) is 4.36. The van der Waals surface area contributed by atoms with Gasteiger partial charge in [0.25, 0.3) is 0 Å². The maximum absolute atomic E-state index is 10.8. The lowest BCUT2D eigenvalue weighted by Crippen LogP contribution is -1.97. The van der Waals surface area contributed by atoms with Crippen LogP contribution in [0.15, 0.2) is 18.3 Å². The number of terminal acetylenes is 1. The first-order chi connectivity index (χ1) is 8.11. The number of carboxylic acid groups (broad SMARTS) is 1. The van der Waals surface area contributed by atoms with Crippen LogP contribution in [0, 0.1) is 19.3 Å². The van der Waals surface area contributed by atoms with Crippen molar-refractivity contribution in [2.75, 3.05) is 0 Å². The van der Waals surface area contributed by atoms with Crippen molar-refractivity contribution in [3.63, 3.8) is 0 Å². The summed E-state index contributed by atoms with van der Waals surface area (Å²) in [5.41, 5.74) is 1.29. The summed E-state index contributed by atoms with van der Waals surface area (Å²) >= 11 is 1.40. The molecule has 0 aliphatic carbocycles. The molecule has 0 atom stereocenters. The number of thiazole rings is 1. The van der Waals surface area contributed by atoms with Gasteiger partial charge in [0.05, 0.1) is 11.3 Å². The van der Waals surface area contributed by atoms with Crippen molar-refractivity contribution in [1.29, 1.82) is 0 Å². The fraction of sp³-hybridized carbons (Fsp3) is 0.0833. The van der Waals surface area contributed by atoms with E-state index in [9.17, 15) is 4.79 Å². The second-order valence-corrected chi connectivity index (χ2v) is 4.51. The van der Waals surface area contributed by atoms with Crippen LogP contribution in [0.4, 0.5) is 0 Å². The maximum atomic E-state index is 10.8. The Morgan fingerprint density at radius 2 is 2.35 bits per heavy atom. The number of nitrogens with zero attached hydrogens (tertiary/aromatic N) is 2. The summed E-state index contributed by atoms with van der Waals surface area (Å²) in [6.07, 6.45) is 6.75. The van der Waals surface area contributed by atoms with Gasteiger partial charge in [-0.3, -0.25) is 4.98 Å². The van der Waals surface area contributed by atoms with Crippen LogP contribution in [0.25, 0.3) is 10.7 Å². The van der Waals surface area contributed by atoms with E-state index >= 15 is 0 Å². The van der Waals surface area contributed by atoms with Crippen molar-refractivity contribution in [1.82, 2.24) is 9.97 Å². The molecule has 0 saturated carbocycles. The van der Waals surface area contributed by atoms with Crippen LogP contribution < -0.4 is 0 Å². The molecule has 0 aromatic carbocycles. The Morgan fingerprint density at radius 3 is 2.94 bits per heavy atom. The number of hydrogen-bond donors (Lipinski definition) is 1. The number of rotatable bonds is 2. The molecule has 2 aromatic rings. The summed E-state index contributed by atoms with van der Waals surface area (Å²) < 4.78 is 0. The second-order valence-electron chi connectivity index (χ2n) is 3.30. The van der Waals surface area contributed by atoms with Gasteiger partial charge in [0, 0.05) is 11.1 Å². The predicted octanol–water partition coefficient (Wildman–Crippen LogP) is 2.19. The molecule has 0 fully saturated rings. The molecule has 5 heteroatoms. The van der Waals surface area contributed by atoms with E-state index in [1.807, 2.05) is 6.92 Å². The quantitative estimate of drug-likeness (QED) is 0.822. The molecule has 0 aliphatic heterocycles. The van der Waals surface area contributed by atoms with Gasteiger partial charge >= 0.3 is 5.97 Å². The van der Waals surface area contributed by atoms with Gasteiger partial charge in [-0.05, 0) is 25.0 Å². The van der Waals surface area contributed by atoms with Crippen molar-refractivity contribution < 1.29 is 9.90 Å². The third-order valence-electron chi connectivity index (χ3n) is 2.16. The SMILES string of the molecule is C#Cc1nc(-c2cc(C(=O)O)ccn2)sc1C. The fourth-order valence-corrected chi connectivity index (χ4v) is 2.16. The predicted molar refractivity (Wildman–Crippen MR) is 65.0 cm³/mol. The minimum absolute atomic E-state index is 0.185. The van der Waals surface area contributed by atoms with E-state index in [4.69, 9.17) is 11.5 Å². The highest BCUT2D eigenvalue weighted by molar-refractivity contribution is 7.15. The Bertz CT molecular complexity index is 626. The lowest BCUT2D eigenvalue weighted by molar-refractivity contribution is 0.0697. The molecule has 2 heterocycles. The Morgan fingerprint density at radius 1 is 1.59 bits per heavy atom. The first kappa shape index (κ1) is 11.3. The fourth-order valence-electron chi connectivity index (χ4n) is 1.32. The Balaban J connectivity index is 2.50. The topological polar surface area (TPSA) is 63.1 Å². The largest absolute Gasteiger partial charge is 0.478 e. The standard InChI is InChI=1S/C12H8N2O2S/c1-3-9-7(2)17-11(14-9)10-6-8(12(15)16)4-5-13-10/h1,4-6H,2H3,(H,15,16). The Hall–Kier alpha value is -2.19. The van der Waals surface area contributed by atoms with Crippen LogP contribution in [0.1, 0.15) is 20.9 Å². The van der Waals surface area contributed by atoms with E-state index in [0.29, 0.717) is 16.4 Å². The summed E-state index contributed by atoms with van der Waals surface area (Å²) in [5, 5.41) is 9.52. The number of pyridine rings is 1. The molecule has 2 aromatic heterocycles. The summed E-state index contributed by atoms with van der Waals surface area (Å²) in [6.45, 7) is 1.87. The molecular formula is C12H8N2O2S. The molecule has 0 bridgehead atoms. The number of carbonyl (C=O) groups is 1. The maximum Gasteiger partial charge on any atom is 0.335 e. The highest BCUT2D eigenvalue weighted by atomic mass is 32.1. The first-order valence-electron chi connectivity index (χ1n) is 4.75. The first-order valence-corrected chi connectivity index (χ1v) is 5.57. The number of aryl methyl sites for hydroxylation is 1. The van der Waals surface area contributed by atoms with Crippen LogP contribution >= 0.6 is 11.3 Å². The van der Waals surface area contributed by atoms with Crippen molar-refractivity contribution in [2.45, 2.75) is 6.92 Å². The van der Waals surface area contributed by atoms with E-state index in [-0.39, 0.29) is 5.56 Å². The molecule has 1 N–H and O–H groups in total.